The molecule has 0 fully saturated rings. The number of guanidine groups is 1. The minimum atomic E-state index is -0.442. The Morgan fingerprint density at radius 2 is 1.87 bits per heavy atom. The largest absolute Gasteiger partial charge is 0.497 e. The van der Waals surface area contributed by atoms with Gasteiger partial charge in [0, 0.05) is 31.9 Å². The fourth-order valence-corrected chi connectivity index (χ4v) is 2.62. The van der Waals surface area contributed by atoms with E-state index in [0.29, 0.717) is 37.8 Å². The Labute approximate surface area is 195 Å². The van der Waals surface area contributed by atoms with Crippen molar-refractivity contribution < 1.29 is 14.3 Å². The molecule has 0 spiro atoms. The Hall–Kier alpha value is -2.33. The first-order valence-electron chi connectivity index (χ1n) is 9.74. The molecule has 0 bridgehead atoms. The minimum Gasteiger partial charge on any atom is -0.497 e. The molecule has 2 aromatic carbocycles. The summed E-state index contributed by atoms with van der Waals surface area (Å²) in [4.78, 5) is 16.0. The van der Waals surface area contributed by atoms with E-state index in [-0.39, 0.29) is 24.0 Å². The zero-order chi connectivity index (χ0) is 20.9. The van der Waals surface area contributed by atoms with Crippen LogP contribution in [0.3, 0.4) is 0 Å². The van der Waals surface area contributed by atoms with Gasteiger partial charge in [0.1, 0.15) is 5.75 Å². The van der Waals surface area contributed by atoms with Crippen LogP contribution < -0.4 is 21.1 Å². The van der Waals surface area contributed by atoms with Crippen LogP contribution in [0.5, 0.6) is 5.75 Å². The molecule has 4 N–H and O–H groups in total. The second-order valence-electron chi connectivity index (χ2n) is 6.41. The van der Waals surface area contributed by atoms with E-state index in [1.165, 1.54) is 0 Å². The molecular weight excluding hydrogens is 495 g/mol. The molecule has 7 nitrogen and oxygen atoms in total. The van der Waals surface area contributed by atoms with Gasteiger partial charge in [0.15, 0.2) is 5.96 Å². The Morgan fingerprint density at radius 1 is 1.10 bits per heavy atom. The summed E-state index contributed by atoms with van der Waals surface area (Å²) in [6.07, 6.45) is 0.883. The lowest BCUT2D eigenvalue weighted by Crippen LogP contribution is -2.37. The first-order chi connectivity index (χ1) is 14.1. The normalized spacial score (nSPS) is 10.8. The monoisotopic (exact) mass is 526 g/mol. The number of rotatable bonds is 11. The van der Waals surface area contributed by atoms with Crippen molar-refractivity contribution in [1.82, 2.24) is 10.6 Å². The van der Waals surface area contributed by atoms with Crippen molar-refractivity contribution in [2.24, 2.45) is 10.7 Å². The third-order valence-corrected chi connectivity index (χ3v) is 4.21. The van der Waals surface area contributed by atoms with Crippen LogP contribution in [0.1, 0.15) is 34.8 Å². The predicted molar refractivity (Wildman–Crippen MR) is 130 cm³/mol. The number of carbonyl (C=O) groups is 1. The summed E-state index contributed by atoms with van der Waals surface area (Å²) in [5.74, 6) is 1.08. The quantitative estimate of drug-likeness (QED) is 0.181. The number of nitrogens with one attached hydrogen (secondary N) is 2. The van der Waals surface area contributed by atoms with Gasteiger partial charge in [-0.15, -0.1) is 24.0 Å². The van der Waals surface area contributed by atoms with Crippen LogP contribution in [-0.2, 0) is 17.8 Å². The van der Waals surface area contributed by atoms with Crippen LogP contribution in [0.25, 0.3) is 0 Å². The van der Waals surface area contributed by atoms with Crippen molar-refractivity contribution in [3.8, 4) is 5.75 Å². The number of aliphatic imine (C=N–C) groups is 1. The van der Waals surface area contributed by atoms with Crippen molar-refractivity contribution >= 4 is 35.8 Å². The number of benzene rings is 2. The first kappa shape index (κ1) is 25.7. The summed E-state index contributed by atoms with van der Waals surface area (Å²) in [5, 5.41) is 6.66. The summed E-state index contributed by atoms with van der Waals surface area (Å²) in [6, 6.07) is 15.1. The molecule has 2 aromatic rings. The number of halogens is 1. The van der Waals surface area contributed by atoms with Crippen LogP contribution in [0, 0.1) is 0 Å². The molecular formula is C22H31IN4O3. The third-order valence-electron chi connectivity index (χ3n) is 4.21. The molecule has 0 radical (unpaired) electrons. The van der Waals surface area contributed by atoms with Gasteiger partial charge < -0.3 is 25.8 Å². The summed E-state index contributed by atoms with van der Waals surface area (Å²) in [5.41, 5.74) is 7.87. The Balaban J connectivity index is 0.00000450. The van der Waals surface area contributed by atoms with E-state index in [1.807, 2.05) is 43.3 Å². The molecule has 0 heterocycles. The average molecular weight is 526 g/mol. The van der Waals surface area contributed by atoms with Gasteiger partial charge >= 0.3 is 0 Å². The third kappa shape index (κ3) is 9.45. The lowest BCUT2D eigenvalue weighted by Gasteiger charge is -2.13. The van der Waals surface area contributed by atoms with Gasteiger partial charge in [-0.2, -0.15) is 0 Å². The van der Waals surface area contributed by atoms with Crippen LogP contribution in [0.15, 0.2) is 53.5 Å². The van der Waals surface area contributed by atoms with E-state index in [0.717, 1.165) is 29.8 Å². The first-order valence-corrected chi connectivity index (χ1v) is 9.74. The van der Waals surface area contributed by atoms with Gasteiger partial charge in [-0.1, -0.05) is 24.3 Å². The highest BCUT2D eigenvalue weighted by atomic mass is 127. The maximum atomic E-state index is 11.4. The van der Waals surface area contributed by atoms with E-state index in [9.17, 15) is 4.79 Å². The molecule has 0 aromatic heterocycles. The topological polar surface area (TPSA) is 98.0 Å². The molecule has 164 valence electrons. The van der Waals surface area contributed by atoms with Gasteiger partial charge in [-0.25, -0.2) is 4.99 Å². The molecule has 0 aliphatic carbocycles. The number of nitrogens with zero attached hydrogens (tertiary/aromatic N) is 1. The fourth-order valence-electron chi connectivity index (χ4n) is 2.62. The highest BCUT2D eigenvalue weighted by Gasteiger charge is 2.03. The summed E-state index contributed by atoms with van der Waals surface area (Å²) in [6.45, 7) is 5.21. The highest BCUT2D eigenvalue weighted by Crippen LogP contribution is 2.11. The van der Waals surface area contributed by atoms with Crippen LogP contribution in [-0.4, -0.2) is 38.7 Å². The second-order valence-corrected chi connectivity index (χ2v) is 6.41. The Kier molecular flexibility index (Phi) is 12.5. The number of nitrogens with two attached hydrogens (primary N) is 1. The van der Waals surface area contributed by atoms with E-state index < -0.39 is 5.91 Å². The lowest BCUT2D eigenvalue weighted by atomic mass is 10.1. The second kappa shape index (κ2) is 14.6. The zero-order valence-corrected chi connectivity index (χ0v) is 19.8. The van der Waals surface area contributed by atoms with Crippen LogP contribution in [0.4, 0.5) is 0 Å². The van der Waals surface area contributed by atoms with Crippen molar-refractivity contribution in [3.63, 3.8) is 0 Å². The lowest BCUT2D eigenvalue weighted by molar-refractivity contribution is 0.1000. The molecule has 0 aliphatic heterocycles. The molecule has 1 amide bonds. The average Bonchev–Trinajstić information content (AvgIpc) is 2.75. The summed E-state index contributed by atoms with van der Waals surface area (Å²) in [7, 11) is 1.65. The number of primary amides is 1. The SMILES string of the molecule is CCOCCCNC(=NCc1cccc(C(N)=O)c1)NCc1ccc(OC)cc1.I. The van der Waals surface area contributed by atoms with Crippen LogP contribution in [0.2, 0.25) is 0 Å². The van der Waals surface area contributed by atoms with Crippen molar-refractivity contribution in [2.45, 2.75) is 26.4 Å². The van der Waals surface area contributed by atoms with Gasteiger partial charge in [0.2, 0.25) is 5.91 Å². The fraction of sp³-hybridized carbons (Fsp3) is 0.364. The Morgan fingerprint density at radius 3 is 2.53 bits per heavy atom. The number of hydrogen-bond acceptors (Lipinski definition) is 4. The molecule has 0 saturated carbocycles. The molecule has 0 unspecified atom stereocenters. The summed E-state index contributed by atoms with van der Waals surface area (Å²) < 4.78 is 10.6. The van der Waals surface area contributed by atoms with Crippen molar-refractivity contribution in [2.75, 3.05) is 26.9 Å². The van der Waals surface area contributed by atoms with E-state index in [1.54, 1.807) is 19.2 Å². The maximum Gasteiger partial charge on any atom is 0.248 e. The number of ether oxygens (including phenoxy) is 2. The molecule has 8 heteroatoms. The number of amides is 1. The highest BCUT2D eigenvalue weighted by molar-refractivity contribution is 14.0. The minimum absolute atomic E-state index is 0. The van der Waals surface area contributed by atoms with Crippen molar-refractivity contribution in [3.05, 3.63) is 65.2 Å². The van der Waals surface area contributed by atoms with E-state index >= 15 is 0 Å². The Bertz CT molecular complexity index is 797. The van der Waals surface area contributed by atoms with Crippen LogP contribution >= 0.6 is 24.0 Å². The molecule has 0 atom stereocenters. The predicted octanol–water partition coefficient (Wildman–Crippen LogP) is 3.07. The van der Waals surface area contributed by atoms with E-state index in [2.05, 4.69) is 15.6 Å². The number of carbonyl (C=O) groups excluding carboxylic acids is 1. The van der Waals surface area contributed by atoms with Gasteiger partial charge in [0.25, 0.3) is 0 Å². The van der Waals surface area contributed by atoms with Crippen molar-refractivity contribution in [1.29, 1.82) is 0 Å². The zero-order valence-electron chi connectivity index (χ0n) is 17.5. The number of hydrogen-bond donors (Lipinski definition) is 3. The summed E-state index contributed by atoms with van der Waals surface area (Å²) >= 11 is 0. The van der Waals surface area contributed by atoms with Gasteiger partial charge in [0.05, 0.1) is 13.7 Å². The molecule has 0 saturated heterocycles. The van der Waals surface area contributed by atoms with E-state index in [4.69, 9.17) is 15.2 Å². The smallest absolute Gasteiger partial charge is 0.248 e. The molecule has 0 aliphatic rings. The van der Waals surface area contributed by atoms with Gasteiger partial charge in [-0.05, 0) is 48.7 Å². The molecule has 30 heavy (non-hydrogen) atoms. The standard InChI is InChI=1S/C22H30N4O3.HI/c1-3-29-13-5-12-24-22(25-15-17-8-10-20(28-2)11-9-17)26-16-18-6-4-7-19(14-18)21(23)27;/h4,6-11,14H,3,5,12-13,15-16H2,1-2H3,(H2,23,27)(H2,24,25,26);1H. The molecule has 2 rings (SSSR count). The van der Waals surface area contributed by atoms with Gasteiger partial charge in [-0.3, -0.25) is 4.79 Å². The number of methoxy groups -OCH3 is 1. The maximum absolute atomic E-state index is 11.4.